The van der Waals surface area contributed by atoms with Crippen molar-refractivity contribution in [2.24, 2.45) is 5.92 Å². The van der Waals surface area contributed by atoms with E-state index in [0.717, 1.165) is 22.2 Å². The highest BCUT2D eigenvalue weighted by molar-refractivity contribution is 6.00. The Kier molecular flexibility index (Phi) is 3.39. The monoisotopic (exact) mass is 280 g/mol. The van der Waals surface area contributed by atoms with Gasteiger partial charge in [-0.1, -0.05) is 44.2 Å². The zero-order valence-corrected chi connectivity index (χ0v) is 11.9. The molecule has 3 rings (SSSR count). The first-order chi connectivity index (χ1) is 10.1. The van der Waals surface area contributed by atoms with Gasteiger partial charge in [-0.15, -0.1) is 0 Å². The number of hydrogen-bond donors (Lipinski definition) is 2. The molecular formula is C16H16N4O. The van der Waals surface area contributed by atoms with Crippen LogP contribution in [0.15, 0.2) is 42.6 Å². The Bertz CT molecular complexity index is 777. The van der Waals surface area contributed by atoms with Crippen LogP contribution in [0.25, 0.3) is 22.2 Å². The van der Waals surface area contributed by atoms with Gasteiger partial charge in [0.2, 0.25) is 5.91 Å². The fraction of sp³-hybridized carbons (Fsp3) is 0.188. The largest absolute Gasteiger partial charge is 0.308 e. The molecular weight excluding hydrogens is 264 g/mol. The molecule has 2 aromatic heterocycles. The number of amides is 1. The van der Waals surface area contributed by atoms with Crippen LogP contribution in [0.4, 0.5) is 5.82 Å². The molecule has 21 heavy (non-hydrogen) atoms. The van der Waals surface area contributed by atoms with Gasteiger partial charge in [0.25, 0.3) is 0 Å². The molecule has 0 atom stereocenters. The second kappa shape index (κ2) is 5.36. The van der Waals surface area contributed by atoms with Crippen LogP contribution in [0.2, 0.25) is 0 Å². The van der Waals surface area contributed by atoms with Crippen molar-refractivity contribution in [3.8, 4) is 11.3 Å². The number of pyridine rings is 1. The Hall–Kier alpha value is -2.69. The van der Waals surface area contributed by atoms with E-state index in [2.05, 4.69) is 20.5 Å². The van der Waals surface area contributed by atoms with Gasteiger partial charge >= 0.3 is 0 Å². The van der Waals surface area contributed by atoms with Crippen molar-refractivity contribution < 1.29 is 4.79 Å². The smallest absolute Gasteiger partial charge is 0.228 e. The summed E-state index contributed by atoms with van der Waals surface area (Å²) >= 11 is 0. The number of nitrogens with one attached hydrogen (secondary N) is 2. The summed E-state index contributed by atoms with van der Waals surface area (Å²) in [6, 6.07) is 11.9. The molecule has 1 aromatic carbocycles. The Balaban J connectivity index is 1.96. The topological polar surface area (TPSA) is 70.7 Å². The maximum Gasteiger partial charge on any atom is 0.228 e. The van der Waals surface area contributed by atoms with Crippen LogP contribution >= 0.6 is 0 Å². The molecule has 0 aliphatic rings. The highest BCUT2D eigenvalue weighted by Gasteiger charge is 2.13. The van der Waals surface area contributed by atoms with Gasteiger partial charge in [0.1, 0.15) is 0 Å². The molecule has 1 amide bonds. The third-order valence-corrected chi connectivity index (χ3v) is 3.28. The van der Waals surface area contributed by atoms with Crippen molar-refractivity contribution >= 4 is 22.6 Å². The van der Waals surface area contributed by atoms with Crippen LogP contribution in [0.1, 0.15) is 13.8 Å². The molecule has 0 saturated carbocycles. The first kappa shape index (κ1) is 13.3. The van der Waals surface area contributed by atoms with E-state index in [9.17, 15) is 4.79 Å². The molecule has 5 heteroatoms. The minimum atomic E-state index is -0.0895. The summed E-state index contributed by atoms with van der Waals surface area (Å²) in [5.74, 6) is 0.375. The Morgan fingerprint density at radius 3 is 2.71 bits per heavy atom. The summed E-state index contributed by atoms with van der Waals surface area (Å²) in [6.07, 6.45) is 1.73. The number of hydrogen-bond acceptors (Lipinski definition) is 3. The van der Waals surface area contributed by atoms with Crippen molar-refractivity contribution in [3.05, 3.63) is 42.6 Å². The average Bonchev–Trinajstić information content (AvgIpc) is 2.90. The molecule has 0 spiro atoms. The van der Waals surface area contributed by atoms with E-state index in [4.69, 9.17) is 0 Å². The minimum absolute atomic E-state index is 0.0597. The Morgan fingerprint density at radius 2 is 2.00 bits per heavy atom. The van der Waals surface area contributed by atoms with Gasteiger partial charge in [-0.2, -0.15) is 5.10 Å². The van der Waals surface area contributed by atoms with Gasteiger partial charge in [0.05, 0.1) is 16.6 Å². The van der Waals surface area contributed by atoms with Gasteiger partial charge in [-0.3, -0.25) is 14.9 Å². The third kappa shape index (κ3) is 2.63. The van der Waals surface area contributed by atoms with E-state index in [1.807, 2.05) is 50.2 Å². The van der Waals surface area contributed by atoms with E-state index in [-0.39, 0.29) is 11.8 Å². The maximum atomic E-state index is 11.8. The molecule has 0 unspecified atom stereocenters. The minimum Gasteiger partial charge on any atom is -0.308 e. The van der Waals surface area contributed by atoms with Gasteiger partial charge in [0, 0.05) is 17.7 Å². The average molecular weight is 280 g/mol. The molecule has 0 bridgehead atoms. The number of anilines is 1. The van der Waals surface area contributed by atoms with E-state index in [0.29, 0.717) is 5.82 Å². The van der Waals surface area contributed by atoms with Gasteiger partial charge in [-0.25, -0.2) is 0 Å². The number of rotatable bonds is 3. The summed E-state index contributed by atoms with van der Waals surface area (Å²) in [5.41, 5.74) is 2.76. The lowest BCUT2D eigenvalue weighted by atomic mass is 10.1. The van der Waals surface area contributed by atoms with Crippen LogP contribution in [-0.2, 0) is 4.79 Å². The second-order valence-electron chi connectivity index (χ2n) is 5.20. The quantitative estimate of drug-likeness (QED) is 0.773. The Labute approximate surface area is 122 Å². The van der Waals surface area contributed by atoms with Crippen LogP contribution in [0, 0.1) is 5.92 Å². The SMILES string of the molecule is CC(C)C(=O)Nc1n[nH]c2cc(-c3ccccc3)ncc12. The maximum absolute atomic E-state index is 11.8. The fourth-order valence-electron chi connectivity index (χ4n) is 2.04. The van der Waals surface area contributed by atoms with Crippen LogP contribution < -0.4 is 5.32 Å². The number of carbonyl (C=O) groups is 1. The van der Waals surface area contributed by atoms with Crippen LogP contribution in [-0.4, -0.2) is 21.1 Å². The van der Waals surface area contributed by atoms with E-state index < -0.39 is 0 Å². The summed E-state index contributed by atoms with van der Waals surface area (Å²) in [6.45, 7) is 3.69. The first-order valence-electron chi connectivity index (χ1n) is 6.85. The standard InChI is InChI=1S/C16H16N4O/c1-10(2)16(21)18-15-12-9-17-13(8-14(12)19-20-15)11-6-4-3-5-7-11/h3-10H,1-2H3,(H2,18,19,20,21). The predicted molar refractivity (Wildman–Crippen MR) is 82.8 cm³/mol. The van der Waals surface area contributed by atoms with Crippen LogP contribution in [0.3, 0.4) is 0 Å². The van der Waals surface area contributed by atoms with E-state index in [1.54, 1.807) is 6.20 Å². The summed E-state index contributed by atoms with van der Waals surface area (Å²) < 4.78 is 0. The van der Waals surface area contributed by atoms with Crippen molar-refractivity contribution in [1.82, 2.24) is 15.2 Å². The lowest BCUT2D eigenvalue weighted by Crippen LogP contribution is -2.18. The molecule has 0 aliphatic heterocycles. The van der Waals surface area contributed by atoms with Crippen LogP contribution in [0.5, 0.6) is 0 Å². The molecule has 0 saturated heterocycles. The first-order valence-corrected chi connectivity index (χ1v) is 6.85. The van der Waals surface area contributed by atoms with Crippen molar-refractivity contribution in [2.45, 2.75) is 13.8 Å². The number of aromatic nitrogens is 3. The molecule has 5 nitrogen and oxygen atoms in total. The lowest BCUT2D eigenvalue weighted by Gasteiger charge is -2.05. The molecule has 3 aromatic rings. The van der Waals surface area contributed by atoms with E-state index >= 15 is 0 Å². The lowest BCUT2D eigenvalue weighted by molar-refractivity contribution is -0.118. The number of fused-ring (bicyclic) bond motifs is 1. The van der Waals surface area contributed by atoms with Gasteiger partial charge in [-0.05, 0) is 6.07 Å². The summed E-state index contributed by atoms with van der Waals surface area (Å²) in [5, 5.41) is 10.7. The van der Waals surface area contributed by atoms with Crippen molar-refractivity contribution in [3.63, 3.8) is 0 Å². The number of aromatic amines is 1. The summed E-state index contributed by atoms with van der Waals surface area (Å²) in [4.78, 5) is 16.2. The molecule has 106 valence electrons. The zero-order chi connectivity index (χ0) is 14.8. The van der Waals surface area contributed by atoms with Crippen molar-refractivity contribution in [1.29, 1.82) is 0 Å². The number of carbonyl (C=O) groups excluding carboxylic acids is 1. The molecule has 0 aliphatic carbocycles. The highest BCUT2D eigenvalue weighted by Crippen LogP contribution is 2.24. The van der Waals surface area contributed by atoms with E-state index in [1.165, 1.54) is 0 Å². The fourth-order valence-corrected chi connectivity index (χ4v) is 2.04. The van der Waals surface area contributed by atoms with Gasteiger partial charge < -0.3 is 5.32 Å². The predicted octanol–water partition coefficient (Wildman–Crippen LogP) is 3.22. The third-order valence-electron chi connectivity index (χ3n) is 3.28. The normalized spacial score (nSPS) is 11.0. The molecule has 2 N–H and O–H groups in total. The molecule has 0 fully saturated rings. The van der Waals surface area contributed by atoms with Gasteiger partial charge in [0.15, 0.2) is 5.82 Å². The number of H-pyrrole nitrogens is 1. The summed E-state index contributed by atoms with van der Waals surface area (Å²) in [7, 11) is 0. The van der Waals surface area contributed by atoms with Crippen molar-refractivity contribution in [2.75, 3.05) is 5.32 Å². The molecule has 0 radical (unpaired) electrons. The zero-order valence-electron chi connectivity index (χ0n) is 11.9. The Morgan fingerprint density at radius 1 is 1.24 bits per heavy atom. The number of nitrogens with zero attached hydrogens (tertiary/aromatic N) is 2. The second-order valence-corrected chi connectivity index (χ2v) is 5.20. The number of benzene rings is 1. The highest BCUT2D eigenvalue weighted by atomic mass is 16.1. The molecule has 2 heterocycles.